The van der Waals surface area contributed by atoms with Crippen molar-refractivity contribution in [3.05, 3.63) is 0 Å². The van der Waals surface area contributed by atoms with Crippen LogP contribution in [0.3, 0.4) is 0 Å². The molecule has 2 rings (SSSR count). The number of hydrogen-bond acceptors (Lipinski definition) is 3. The summed E-state index contributed by atoms with van der Waals surface area (Å²) < 4.78 is 11.3. The summed E-state index contributed by atoms with van der Waals surface area (Å²) in [6.45, 7) is 6.21. The monoisotopic (exact) mass is 199 g/mol. The molecule has 3 unspecified atom stereocenters. The Hall–Kier alpha value is -0.120. The smallest absolute Gasteiger partial charge is 0.0834 e. The Kier molecular flexibility index (Phi) is 2.82. The summed E-state index contributed by atoms with van der Waals surface area (Å²) in [5, 5.41) is 3.34. The van der Waals surface area contributed by atoms with E-state index in [1.165, 1.54) is 0 Å². The van der Waals surface area contributed by atoms with Crippen LogP contribution in [0, 0.1) is 5.41 Å². The van der Waals surface area contributed by atoms with E-state index in [1.54, 1.807) is 0 Å². The lowest BCUT2D eigenvalue weighted by Crippen LogP contribution is -2.60. The predicted octanol–water partition coefficient (Wildman–Crippen LogP) is 1.18. The first-order chi connectivity index (χ1) is 6.64. The molecule has 82 valence electrons. The van der Waals surface area contributed by atoms with Crippen molar-refractivity contribution in [1.29, 1.82) is 0 Å². The fourth-order valence-electron chi connectivity index (χ4n) is 2.46. The van der Waals surface area contributed by atoms with Crippen LogP contribution in [-0.4, -0.2) is 38.5 Å². The molecule has 2 aliphatic rings. The zero-order valence-electron chi connectivity index (χ0n) is 9.38. The fraction of sp³-hybridized carbons (Fsp3) is 1.00. The molecule has 0 amide bonds. The quantitative estimate of drug-likeness (QED) is 0.740. The maximum Gasteiger partial charge on any atom is 0.0834 e. The highest BCUT2D eigenvalue weighted by molar-refractivity contribution is 5.02. The Morgan fingerprint density at radius 3 is 2.71 bits per heavy atom. The van der Waals surface area contributed by atoms with Crippen LogP contribution in [0.5, 0.6) is 0 Å². The van der Waals surface area contributed by atoms with Crippen LogP contribution in [0.15, 0.2) is 0 Å². The highest BCUT2D eigenvalue weighted by Gasteiger charge is 2.49. The van der Waals surface area contributed by atoms with Gasteiger partial charge in [-0.15, -0.1) is 0 Å². The molecule has 2 fully saturated rings. The molecule has 0 aromatic rings. The van der Waals surface area contributed by atoms with Crippen LogP contribution >= 0.6 is 0 Å². The number of nitrogens with one attached hydrogen (secondary N) is 1. The van der Waals surface area contributed by atoms with Crippen molar-refractivity contribution < 1.29 is 9.47 Å². The van der Waals surface area contributed by atoms with Gasteiger partial charge in [0.1, 0.15) is 0 Å². The zero-order chi connectivity index (χ0) is 10.2. The van der Waals surface area contributed by atoms with E-state index in [9.17, 15) is 0 Å². The van der Waals surface area contributed by atoms with Gasteiger partial charge in [-0.25, -0.2) is 0 Å². The maximum absolute atomic E-state index is 6.03. The van der Waals surface area contributed by atoms with E-state index in [2.05, 4.69) is 19.2 Å². The van der Waals surface area contributed by atoms with Crippen LogP contribution in [0.4, 0.5) is 0 Å². The standard InChI is InChI=1S/C11H21NO2/c1-11(2)9(12-3)6-10(11)14-8-4-5-13-7-8/h8-10,12H,4-7H2,1-3H3. The molecule has 14 heavy (non-hydrogen) atoms. The molecule has 1 aliphatic carbocycles. The average molecular weight is 199 g/mol. The second kappa shape index (κ2) is 3.80. The third kappa shape index (κ3) is 1.69. The second-order valence-electron chi connectivity index (χ2n) is 5.01. The molecule has 1 saturated heterocycles. The number of rotatable bonds is 3. The third-order valence-electron chi connectivity index (χ3n) is 3.77. The minimum Gasteiger partial charge on any atom is -0.379 e. The highest BCUT2D eigenvalue weighted by Crippen LogP contribution is 2.43. The Balaban J connectivity index is 1.82. The molecule has 1 N–H and O–H groups in total. The predicted molar refractivity (Wildman–Crippen MR) is 55.3 cm³/mol. The topological polar surface area (TPSA) is 30.5 Å². The van der Waals surface area contributed by atoms with E-state index in [1.807, 2.05) is 7.05 Å². The zero-order valence-corrected chi connectivity index (χ0v) is 9.38. The molecule has 3 nitrogen and oxygen atoms in total. The molecular formula is C11H21NO2. The van der Waals surface area contributed by atoms with Gasteiger partial charge in [0, 0.05) is 18.1 Å². The maximum atomic E-state index is 6.03. The minimum atomic E-state index is 0.275. The molecule has 1 aliphatic heterocycles. The van der Waals surface area contributed by atoms with Crippen LogP contribution in [0.2, 0.25) is 0 Å². The van der Waals surface area contributed by atoms with Gasteiger partial charge in [-0.1, -0.05) is 13.8 Å². The van der Waals surface area contributed by atoms with Crippen molar-refractivity contribution in [1.82, 2.24) is 5.32 Å². The van der Waals surface area contributed by atoms with Gasteiger partial charge in [0.25, 0.3) is 0 Å². The Morgan fingerprint density at radius 2 is 2.21 bits per heavy atom. The summed E-state index contributed by atoms with van der Waals surface area (Å²) in [6, 6.07) is 0.606. The van der Waals surface area contributed by atoms with E-state index >= 15 is 0 Å². The summed E-state index contributed by atoms with van der Waals surface area (Å²) in [7, 11) is 2.03. The minimum absolute atomic E-state index is 0.275. The molecule has 0 aromatic heterocycles. The van der Waals surface area contributed by atoms with Crippen molar-refractivity contribution in [3.8, 4) is 0 Å². The van der Waals surface area contributed by atoms with E-state index < -0.39 is 0 Å². The van der Waals surface area contributed by atoms with Gasteiger partial charge in [0.2, 0.25) is 0 Å². The molecule has 1 saturated carbocycles. The van der Waals surface area contributed by atoms with Gasteiger partial charge in [0.05, 0.1) is 18.8 Å². The van der Waals surface area contributed by atoms with E-state index in [0.717, 1.165) is 26.1 Å². The first kappa shape index (κ1) is 10.4. The first-order valence-electron chi connectivity index (χ1n) is 5.55. The Morgan fingerprint density at radius 1 is 1.43 bits per heavy atom. The van der Waals surface area contributed by atoms with Gasteiger partial charge >= 0.3 is 0 Å². The van der Waals surface area contributed by atoms with Gasteiger partial charge < -0.3 is 14.8 Å². The van der Waals surface area contributed by atoms with Crippen molar-refractivity contribution in [2.75, 3.05) is 20.3 Å². The third-order valence-corrected chi connectivity index (χ3v) is 3.77. The van der Waals surface area contributed by atoms with Gasteiger partial charge in [-0.05, 0) is 19.9 Å². The normalized spacial score (nSPS) is 40.9. The van der Waals surface area contributed by atoms with Crippen LogP contribution in [0.25, 0.3) is 0 Å². The molecule has 1 heterocycles. The lowest BCUT2D eigenvalue weighted by molar-refractivity contribution is -0.145. The highest BCUT2D eigenvalue weighted by atomic mass is 16.6. The number of ether oxygens (including phenoxy) is 2. The van der Waals surface area contributed by atoms with Crippen molar-refractivity contribution in [2.45, 2.75) is 44.9 Å². The van der Waals surface area contributed by atoms with Gasteiger partial charge in [-0.2, -0.15) is 0 Å². The summed E-state index contributed by atoms with van der Waals surface area (Å²) in [5.41, 5.74) is 0.275. The molecule has 0 aromatic carbocycles. The largest absolute Gasteiger partial charge is 0.379 e. The van der Waals surface area contributed by atoms with Crippen molar-refractivity contribution >= 4 is 0 Å². The van der Waals surface area contributed by atoms with E-state index in [4.69, 9.17) is 9.47 Å². The summed E-state index contributed by atoms with van der Waals surface area (Å²) in [6.07, 6.45) is 2.96. The van der Waals surface area contributed by atoms with Crippen LogP contribution < -0.4 is 5.32 Å². The Labute approximate surface area is 86.2 Å². The molecule has 0 bridgehead atoms. The van der Waals surface area contributed by atoms with E-state index in [-0.39, 0.29) is 5.41 Å². The van der Waals surface area contributed by atoms with Crippen molar-refractivity contribution in [2.24, 2.45) is 5.41 Å². The average Bonchev–Trinajstić information content (AvgIpc) is 2.64. The second-order valence-corrected chi connectivity index (χ2v) is 5.01. The molecule has 0 radical (unpaired) electrons. The first-order valence-corrected chi connectivity index (χ1v) is 5.55. The van der Waals surface area contributed by atoms with Crippen LogP contribution in [-0.2, 0) is 9.47 Å². The summed E-state index contributed by atoms with van der Waals surface area (Å²) in [5.74, 6) is 0. The number of hydrogen-bond donors (Lipinski definition) is 1. The van der Waals surface area contributed by atoms with Gasteiger partial charge in [-0.3, -0.25) is 0 Å². The fourth-order valence-corrected chi connectivity index (χ4v) is 2.46. The molecule has 3 atom stereocenters. The Bertz CT molecular complexity index is 199. The molecule has 3 heteroatoms. The summed E-state index contributed by atoms with van der Waals surface area (Å²) in [4.78, 5) is 0. The lowest BCUT2D eigenvalue weighted by atomic mass is 9.64. The molecular weight excluding hydrogens is 178 g/mol. The lowest BCUT2D eigenvalue weighted by Gasteiger charge is -2.52. The van der Waals surface area contributed by atoms with E-state index in [0.29, 0.717) is 18.2 Å². The molecule has 0 spiro atoms. The summed E-state index contributed by atoms with van der Waals surface area (Å²) >= 11 is 0. The van der Waals surface area contributed by atoms with Crippen LogP contribution in [0.1, 0.15) is 26.7 Å². The van der Waals surface area contributed by atoms with Gasteiger partial charge in [0.15, 0.2) is 0 Å². The van der Waals surface area contributed by atoms with Crippen molar-refractivity contribution in [3.63, 3.8) is 0 Å². The SMILES string of the molecule is CNC1CC(OC2CCOC2)C1(C)C.